The van der Waals surface area contributed by atoms with Crippen molar-refractivity contribution in [3.05, 3.63) is 41.2 Å². The summed E-state index contributed by atoms with van der Waals surface area (Å²) in [5, 5.41) is 2.08. The monoisotopic (exact) mass is 248 g/mol. The first kappa shape index (κ1) is 11.9. The fourth-order valence-electron chi connectivity index (χ4n) is 1.68. The minimum absolute atomic E-state index is 0.0344. The van der Waals surface area contributed by atoms with Gasteiger partial charge in [0.1, 0.15) is 5.15 Å². The van der Waals surface area contributed by atoms with Crippen LogP contribution in [-0.4, -0.2) is 29.4 Å². The van der Waals surface area contributed by atoms with Gasteiger partial charge in [0, 0.05) is 25.2 Å². The fraction of sp³-hybridized carbons (Fsp3) is 0.231. The summed E-state index contributed by atoms with van der Waals surface area (Å²) in [6.45, 7) is 2.60. The highest BCUT2D eigenvalue weighted by Crippen LogP contribution is 2.24. The van der Waals surface area contributed by atoms with Gasteiger partial charge in [0.05, 0.1) is 5.56 Å². The standard InChI is InChI=1S/C13H13ClN2O/c1-3-16(2)13(17)11-8-15-12(14)10-7-5-4-6-9(10)11/h4-8H,3H2,1-2H3. The van der Waals surface area contributed by atoms with Crippen LogP contribution in [0.25, 0.3) is 10.8 Å². The molecule has 0 bridgehead atoms. The SMILES string of the molecule is CCN(C)C(=O)c1cnc(Cl)c2ccccc12. The minimum Gasteiger partial charge on any atom is -0.342 e. The predicted octanol–water partition coefficient (Wildman–Crippen LogP) is 2.98. The van der Waals surface area contributed by atoms with Crippen molar-refractivity contribution < 1.29 is 4.79 Å². The van der Waals surface area contributed by atoms with E-state index in [4.69, 9.17) is 11.6 Å². The van der Waals surface area contributed by atoms with Crippen molar-refractivity contribution in [1.29, 1.82) is 0 Å². The molecule has 2 aromatic rings. The van der Waals surface area contributed by atoms with Crippen molar-refractivity contribution in [2.75, 3.05) is 13.6 Å². The molecule has 1 aromatic heterocycles. The van der Waals surface area contributed by atoms with Crippen LogP contribution in [0.15, 0.2) is 30.5 Å². The van der Waals surface area contributed by atoms with E-state index in [1.54, 1.807) is 18.1 Å². The molecule has 0 radical (unpaired) electrons. The zero-order valence-electron chi connectivity index (χ0n) is 9.77. The lowest BCUT2D eigenvalue weighted by Gasteiger charge is -2.15. The third-order valence-corrected chi connectivity index (χ3v) is 3.10. The first-order valence-corrected chi connectivity index (χ1v) is 5.81. The Morgan fingerprint density at radius 2 is 2.00 bits per heavy atom. The first-order chi connectivity index (χ1) is 8.15. The number of rotatable bonds is 2. The lowest BCUT2D eigenvalue weighted by atomic mass is 10.1. The van der Waals surface area contributed by atoms with Gasteiger partial charge in [-0.15, -0.1) is 0 Å². The number of pyridine rings is 1. The van der Waals surface area contributed by atoms with Gasteiger partial charge in [-0.3, -0.25) is 4.79 Å². The Kier molecular flexibility index (Phi) is 3.29. The molecule has 1 aromatic carbocycles. The number of hydrogen-bond acceptors (Lipinski definition) is 2. The molecule has 0 unspecified atom stereocenters. The van der Waals surface area contributed by atoms with E-state index < -0.39 is 0 Å². The summed E-state index contributed by atoms with van der Waals surface area (Å²) in [4.78, 5) is 17.9. The first-order valence-electron chi connectivity index (χ1n) is 5.44. The zero-order chi connectivity index (χ0) is 12.4. The molecule has 0 saturated carbocycles. The highest BCUT2D eigenvalue weighted by molar-refractivity contribution is 6.34. The molecule has 2 rings (SSSR count). The van der Waals surface area contributed by atoms with Crippen molar-refractivity contribution in [3.63, 3.8) is 0 Å². The van der Waals surface area contributed by atoms with Gasteiger partial charge in [-0.1, -0.05) is 35.9 Å². The van der Waals surface area contributed by atoms with Crippen LogP contribution < -0.4 is 0 Å². The van der Waals surface area contributed by atoms with E-state index in [0.29, 0.717) is 17.3 Å². The number of fused-ring (bicyclic) bond motifs is 1. The quantitative estimate of drug-likeness (QED) is 0.766. The molecule has 0 aliphatic heterocycles. The average Bonchev–Trinajstić information content (AvgIpc) is 2.38. The summed E-state index contributed by atoms with van der Waals surface area (Å²) < 4.78 is 0. The third kappa shape index (κ3) is 2.11. The van der Waals surface area contributed by atoms with Gasteiger partial charge < -0.3 is 4.90 Å². The summed E-state index contributed by atoms with van der Waals surface area (Å²) in [6.07, 6.45) is 1.54. The lowest BCUT2D eigenvalue weighted by molar-refractivity contribution is 0.0804. The maximum absolute atomic E-state index is 12.1. The number of aromatic nitrogens is 1. The maximum atomic E-state index is 12.1. The Morgan fingerprint density at radius 3 is 2.65 bits per heavy atom. The maximum Gasteiger partial charge on any atom is 0.255 e. The normalized spacial score (nSPS) is 10.5. The van der Waals surface area contributed by atoms with Gasteiger partial charge in [-0.05, 0) is 12.3 Å². The molecule has 88 valence electrons. The van der Waals surface area contributed by atoms with Crippen LogP contribution in [-0.2, 0) is 0 Å². The van der Waals surface area contributed by atoms with E-state index in [-0.39, 0.29) is 5.91 Å². The molecule has 17 heavy (non-hydrogen) atoms. The number of nitrogens with zero attached hydrogens (tertiary/aromatic N) is 2. The van der Waals surface area contributed by atoms with Gasteiger partial charge in [0.15, 0.2) is 0 Å². The Balaban J connectivity index is 2.63. The lowest BCUT2D eigenvalue weighted by Crippen LogP contribution is -2.26. The highest BCUT2D eigenvalue weighted by atomic mass is 35.5. The second-order valence-electron chi connectivity index (χ2n) is 3.83. The van der Waals surface area contributed by atoms with Crippen LogP contribution in [0, 0.1) is 0 Å². The van der Waals surface area contributed by atoms with Gasteiger partial charge in [0.2, 0.25) is 0 Å². The molecule has 0 saturated heterocycles. The Labute approximate surface area is 105 Å². The Morgan fingerprint density at radius 1 is 1.35 bits per heavy atom. The number of hydrogen-bond donors (Lipinski definition) is 0. The van der Waals surface area contributed by atoms with E-state index in [1.165, 1.54) is 0 Å². The minimum atomic E-state index is -0.0344. The van der Waals surface area contributed by atoms with Crippen LogP contribution in [0.2, 0.25) is 5.15 Å². The number of amides is 1. The molecule has 0 aliphatic carbocycles. The molecule has 3 nitrogen and oxygen atoms in total. The molecular weight excluding hydrogens is 236 g/mol. The number of benzene rings is 1. The molecule has 4 heteroatoms. The molecule has 0 N–H and O–H groups in total. The molecule has 0 aliphatic rings. The summed E-state index contributed by atoms with van der Waals surface area (Å²) in [7, 11) is 1.77. The van der Waals surface area contributed by atoms with Crippen LogP contribution in [0.1, 0.15) is 17.3 Å². The second kappa shape index (κ2) is 4.72. The second-order valence-corrected chi connectivity index (χ2v) is 4.19. The Bertz CT molecular complexity index is 568. The van der Waals surface area contributed by atoms with Crippen molar-refractivity contribution in [1.82, 2.24) is 9.88 Å². The van der Waals surface area contributed by atoms with Crippen LogP contribution in [0.3, 0.4) is 0 Å². The fourth-order valence-corrected chi connectivity index (χ4v) is 1.89. The largest absolute Gasteiger partial charge is 0.342 e. The average molecular weight is 249 g/mol. The smallest absolute Gasteiger partial charge is 0.255 e. The van der Waals surface area contributed by atoms with Crippen molar-refractivity contribution in [3.8, 4) is 0 Å². The van der Waals surface area contributed by atoms with E-state index in [1.807, 2.05) is 31.2 Å². The number of halogens is 1. The molecule has 0 atom stereocenters. The van der Waals surface area contributed by atoms with Gasteiger partial charge in [0.25, 0.3) is 5.91 Å². The Hall–Kier alpha value is -1.61. The van der Waals surface area contributed by atoms with E-state index in [9.17, 15) is 4.79 Å². The van der Waals surface area contributed by atoms with E-state index >= 15 is 0 Å². The van der Waals surface area contributed by atoms with Gasteiger partial charge in [-0.25, -0.2) is 4.98 Å². The number of carbonyl (C=O) groups excluding carboxylic acids is 1. The van der Waals surface area contributed by atoms with Crippen LogP contribution >= 0.6 is 11.6 Å². The third-order valence-electron chi connectivity index (χ3n) is 2.80. The molecule has 1 amide bonds. The number of carbonyl (C=O) groups is 1. The topological polar surface area (TPSA) is 33.2 Å². The van der Waals surface area contributed by atoms with E-state index in [2.05, 4.69) is 4.98 Å². The van der Waals surface area contributed by atoms with Gasteiger partial charge in [-0.2, -0.15) is 0 Å². The zero-order valence-corrected chi connectivity index (χ0v) is 10.5. The molecular formula is C13H13ClN2O. The summed E-state index contributed by atoms with van der Waals surface area (Å²) >= 11 is 6.01. The summed E-state index contributed by atoms with van der Waals surface area (Å²) in [6, 6.07) is 7.53. The predicted molar refractivity (Wildman–Crippen MR) is 69.4 cm³/mol. The molecule has 0 fully saturated rings. The highest BCUT2D eigenvalue weighted by Gasteiger charge is 2.15. The van der Waals surface area contributed by atoms with Gasteiger partial charge >= 0.3 is 0 Å². The van der Waals surface area contributed by atoms with Crippen LogP contribution in [0.4, 0.5) is 0 Å². The summed E-state index contributed by atoms with van der Waals surface area (Å²) in [5.74, 6) is -0.0344. The van der Waals surface area contributed by atoms with Crippen molar-refractivity contribution in [2.24, 2.45) is 0 Å². The van der Waals surface area contributed by atoms with Crippen molar-refractivity contribution in [2.45, 2.75) is 6.92 Å². The molecule has 1 heterocycles. The van der Waals surface area contributed by atoms with Crippen LogP contribution in [0.5, 0.6) is 0 Å². The van der Waals surface area contributed by atoms with E-state index in [0.717, 1.165) is 10.8 Å². The molecule has 0 spiro atoms. The summed E-state index contributed by atoms with van der Waals surface area (Å²) in [5.41, 5.74) is 0.592. The van der Waals surface area contributed by atoms with Crippen molar-refractivity contribution >= 4 is 28.3 Å².